The Labute approximate surface area is 117 Å². The van der Waals surface area contributed by atoms with Gasteiger partial charge < -0.3 is 10.2 Å². The Morgan fingerprint density at radius 1 is 1.20 bits per heavy atom. The highest BCUT2D eigenvalue weighted by Crippen LogP contribution is 2.22. The molecule has 1 aromatic carbocycles. The van der Waals surface area contributed by atoms with Crippen LogP contribution in [0.25, 0.3) is 0 Å². The quantitative estimate of drug-likeness (QED) is 0.842. The van der Waals surface area contributed by atoms with Crippen LogP contribution in [0.15, 0.2) is 54.3 Å². The Morgan fingerprint density at radius 2 is 2.00 bits per heavy atom. The third kappa shape index (κ3) is 2.37. The summed E-state index contributed by atoms with van der Waals surface area (Å²) in [7, 11) is 0. The van der Waals surface area contributed by atoms with Crippen molar-refractivity contribution in [2.45, 2.75) is 18.9 Å². The minimum absolute atomic E-state index is 0.0334. The van der Waals surface area contributed by atoms with E-state index < -0.39 is 11.8 Å². The molecule has 3 rings (SSSR count). The van der Waals surface area contributed by atoms with E-state index in [0.29, 0.717) is 6.54 Å². The number of amides is 2. The molecule has 0 bridgehead atoms. The second kappa shape index (κ2) is 5.33. The predicted octanol–water partition coefficient (Wildman–Crippen LogP) is 1.40. The van der Waals surface area contributed by atoms with E-state index in [4.69, 9.17) is 0 Å². The van der Waals surface area contributed by atoms with E-state index in [1.165, 1.54) is 5.56 Å². The number of benzene rings is 1. The van der Waals surface area contributed by atoms with Crippen LogP contribution >= 0.6 is 0 Å². The normalized spacial score (nSPS) is 21.3. The van der Waals surface area contributed by atoms with Crippen molar-refractivity contribution in [3.8, 4) is 0 Å². The van der Waals surface area contributed by atoms with Crippen LogP contribution in [-0.4, -0.2) is 29.3 Å². The zero-order valence-electron chi connectivity index (χ0n) is 11.1. The summed E-state index contributed by atoms with van der Waals surface area (Å²) in [4.78, 5) is 25.4. The maximum absolute atomic E-state index is 12.1. The number of hydrogen-bond donors (Lipinski definition) is 1. The van der Waals surface area contributed by atoms with Crippen LogP contribution in [0.1, 0.15) is 12.0 Å². The first-order valence-corrected chi connectivity index (χ1v) is 6.78. The van der Waals surface area contributed by atoms with Crippen molar-refractivity contribution >= 4 is 11.8 Å². The average Bonchev–Trinajstić information content (AvgIpc) is 2.49. The molecule has 102 valence electrons. The van der Waals surface area contributed by atoms with Gasteiger partial charge in [0.2, 0.25) is 0 Å². The van der Waals surface area contributed by atoms with Crippen molar-refractivity contribution in [2.75, 3.05) is 6.54 Å². The van der Waals surface area contributed by atoms with Gasteiger partial charge in [-0.2, -0.15) is 0 Å². The number of allylic oxidation sites excluding steroid dienone is 2. The number of rotatable bonds is 3. The minimum Gasteiger partial charge on any atom is -0.325 e. The Bertz CT molecular complexity index is 590. The third-order valence-electron chi connectivity index (χ3n) is 3.70. The molecule has 4 heteroatoms. The van der Waals surface area contributed by atoms with Gasteiger partial charge >= 0.3 is 11.8 Å². The van der Waals surface area contributed by atoms with E-state index in [2.05, 4.69) is 5.32 Å². The molecule has 0 saturated carbocycles. The Kier molecular flexibility index (Phi) is 3.37. The molecular weight excluding hydrogens is 252 g/mol. The number of nitrogens with zero attached hydrogens (tertiary/aromatic N) is 1. The molecule has 1 unspecified atom stereocenters. The SMILES string of the molecule is O=C1NC2=CC=CCC2N(CCc2ccccc2)C1=O. The second-order valence-corrected chi connectivity index (χ2v) is 4.99. The molecule has 1 heterocycles. The number of nitrogens with one attached hydrogen (secondary N) is 1. The molecule has 1 fully saturated rings. The van der Waals surface area contributed by atoms with Crippen molar-refractivity contribution in [3.05, 3.63) is 59.8 Å². The summed E-state index contributed by atoms with van der Waals surface area (Å²) in [5.41, 5.74) is 1.99. The third-order valence-corrected chi connectivity index (χ3v) is 3.70. The lowest BCUT2D eigenvalue weighted by molar-refractivity contribution is -0.149. The summed E-state index contributed by atoms with van der Waals surface area (Å²) in [5.74, 6) is -0.964. The topological polar surface area (TPSA) is 49.4 Å². The molecule has 0 aromatic heterocycles. The summed E-state index contributed by atoms with van der Waals surface area (Å²) in [6.45, 7) is 0.562. The monoisotopic (exact) mass is 268 g/mol. The Balaban J connectivity index is 1.76. The highest BCUT2D eigenvalue weighted by molar-refractivity contribution is 6.36. The van der Waals surface area contributed by atoms with E-state index in [0.717, 1.165) is 18.5 Å². The fourth-order valence-electron chi connectivity index (χ4n) is 2.65. The summed E-state index contributed by atoms with van der Waals surface area (Å²) < 4.78 is 0. The molecule has 1 aliphatic carbocycles. The lowest BCUT2D eigenvalue weighted by atomic mass is 9.99. The molecule has 1 saturated heterocycles. The Hall–Kier alpha value is -2.36. The van der Waals surface area contributed by atoms with E-state index >= 15 is 0 Å². The highest BCUT2D eigenvalue weighted by atomic mass is 16.2. The van der Waals surface area contributed by atoms with Gasteiger partial charge in [0.15, 0.2) is 0 Å². The van der Waals surface area contributed by atoms with Crippen LogP contribution in [0.2, 0.25) is 0 Å². The molecule has 1 N–H and O–H groups in total. The number of hydrogen-bond acceptors (Lipinski definition) is 2. The molecule has 1 aliphatic heterocycles. The average molecular weight is 268 g/mol. The molecule has 0 radical (unpaired) electrons. The van der Waals surface area contributed by atoms with Crippen LogP contribution in [0.4, 0.5) is 0 Å². The van der Waals surface area contributed by atoms with Crippen LogP contribution in [0, 0.1) is 0 Å². The molecule has 20 heavy (non-hydrogen) atoms. The molecule has 2 aliphatic rings. The molecule has 4 nitrogen and oxygen atoms in total. The van der Waals surface area contributed by atoms with Gasteiger partial charge in [0.1, 0.15) is 0 Å². The van der Waals surface area contributed by atoms with Gasteiger partial charge in [-0.05, 0) is 24.5 Å². The van der Waals surface area contributed by atoms with Crippen molar-refractivity contribution in [3.63, 3.8) is 0 Å². The number of piperazine rings is 1. The van der Waals surface area contributed by atoms with E-state index in [1.54, 1.807) is 4.90 Å². The van der Waals surface area contributed by atoms with Crippen LogP contribution in [-0.2, 0) is 16.0 Å². The van der Waals surface area contributed by atoms with Crippen LogP contribution in [0.3, 0.4) is 0 Å². The molecular formula is C16H16N2O2. The van der Waals surface area contributed by atoms with Gasteiger partial charge in [-0.15, -0.1) is 0 Å². The standard InChI is InChI=1S/C16H16N2O2/c19-15-16(20)18(11-10-12-6-2-1-3-7-12)14-9-5-4-8-13(14)17-15/h1-8,14H,9-11H2,(H,17,19). The molecule has 1 atom stereocenters. The summed E-state index contributed by atoms with van der Waals surface area (Å²) >= 11 is 0. The first-order chi connectivity index (χ1) is 9.75. The van der Waals surface area contributed by atoms with Gasteiger partial charge in [0.05, 0.1) is 6.04 Å². The van der Waals surface area contributed by atoms with E-state index in [1.807, 2.05) is 48.6 Å². The summed E-state index contributed by atoms with van der Waals surface area (Å²) in [6.07, 6.45) is 7.32. The molecule has 1 aromatic rings. The van der Waals surface area contributed by atoms with Gasteiger partial charge in [-0.3, -0.25) is 9.59 Å². The van der Waals surface area contributed by atoms with Crippen molar-refractivity contribution in [1.29, 1.82) is 0 Å². The number of fused-ring (bicyclic) bond motifs is 1. The van der Waals surface area contributed by atoms with Gasteiger partial charge in [0.25, 0.3) is 0 Å². The summed E-state index contributed by atoms with van der Waals surface area (Å²) in [5, 5.41) is 2.68. The zero-order valence-corrected chi connectivity index (χ0v) is 11.1. The maximum atomic E-state index is 12.1. The predicted molar refractivity (Wildman–Crippen MR) is 75.6 cm³/mol. The highest BCUT2D eigenvalue weighted by Gasteiger charge is 2.36. The van der Waals surface area contributed by atoms with Gasteiger partial charge in [0, 0.05) is 12.2 Å². The lowest BCUT2D eigenvalue weighted by Crippen LogP contribution is -2.57. The van der Waals surface area contributed by atoms with Gasteiger partial charge in [-0.1, -0.05) is 42.5 Å². The van der Waals surface area contributed by atoms with Crippen molar-refractivity contribution < 1.29 is 9.59 Å². The minimum atomic E-state index is -0.532. The van der Waals surface area contributed by atoms with Crippen LogP contribution in [0.5, 0.6) is 0 Å². The zero-order chi connectivity index (χ0) is 13.9. The van der Waals surface area contributed by atoms with Crippen LogP contribution < -0.4 is 5.32 Å². The maximum Gasteiger partial charge on any atom is 0.313 e. The molecule has 0 spiro atoms. The second-order valence-electron chi connectivity index (χ2n) is 4.99. The number of carbonyl (C=O) groups is 2. The fraction of sp³-hybridized carbons (Fsp3) is 0.250. The molecule has 2 amide bonds. The van der Waals surface area contributed by atoms with Gasteiger partial charge in [-0.25, -0.2) is 0 Å². The first-order valence-electron chi connectivity index (χ1n) is 6.78. The van der Waals surface area contributed by atoms with E-state index in [9.17, 15) is 9.59 Å². The first kappa shape index (κ1) is 12.7. The van der Waals surface area contributed by atoms with Crippen molar-refractivity contribution in [1.82, 2.24) is 10.2 Å². The number of carbonyl (C=O) groups excluding carboxylic acids is 2. The fourth-order valence-corrected chi connectivity index (χ4v) is 2.65. The lowest BCUT2D eigenvalue weighted by Gasteiger charge is -2.37. The largest absolute Gasteiger partial charge is 0.325 e. The van der Waals surface area contributed by atoms with Crippen molar-refractivity contribution in [2.24, 2.45) is 0 Å². The smallest absolute Gasteiger partial charge is 0.313 e. The Morgan fingerprint density at radius 3 is 2.80 bits per heavy atom. The van der Waals surface area contributed by atoms with E-state index in [-0.39, 0.29) is 6.04 Å². The summed E-state index contributed by atoms with van der Waals surface area (Å²) in [6, 6.07) is 9.96.